The third-order valence-corrected chi connectivity index (χ3v) is 3.74. The summed E-state index contributed by atoms with van der Waals surface area (Å²) in [4.78, 5) is 11.7. The molecule has 4 nitrogen and oxygen atoms in total. The van der Waals surface area contributed by atoms with Crippen LogP contribution in [0.3, 0.4) is 0 Å². The first-order chi connectivity index (χ1) is 8.34. The molecule has 1 saturated carbocycles. The molecule has 1 amide bonds. The first-order valence-corrected chi connectivity index (χ1v) is 6.92. The SMILES string of the molecule is Cl.O=C(CC1COCCN1)NCC1CCCCC1. The van der Waals surface area contributed by atoms with E-state index < -0.39 is 0 Å². The number of hydrogen-bond donors (Lipinski definition) is 2. The molecule has 1 unspecified atom stereocenters. The maximum Gasteiger partial charge on any atom is 0.221 e. The molecule has 1 aliphatic carbocycles. The second-order valence-electron chi connectivity index (χ2n) is 5.24. The van der Waals surface area contributed by atoms with Crippen molar-refractivity contribution in [1.29, 1.82) is 0 Å². The summed E-state index contributed by atoms with van der Waals surface area (Å²) in [6.07, 6.45) is 7.15. The van der Waals surface area contributed by atoms with Crippen molar-refractivity contribution >= 4 is 18.3 Å². The Kier molecular flexibility index (Phi) is 7.63. The summed E-state index contributed by atoms with van der Waals surface area (Å²) in [7, 11) is 0. The van der Waals surface area contributed by atoms with Crippen LogP contribution in [0.2, 0.25) is 0 Å². The fraction of sp³-hybridized carbons (Fsp3) is 0.923. The van der Waals surface area contributed by atoms with E-state index in [-0.39, 0.29) is 24.4 Å². The van der Waals surface area contributed by atoms with Gasteiger partial charge < -0.3 is 15.4 Å². The van der Waals surface area contributed by atoms with E-state index >= 15 is 0 Å². The van der Waals surface area contributed by atoms with Gasteiger partial charge in [0.15, 0.2) is 0 Å². The van der Waals surface area contributed by atoms with E-state index in [1.165, 1.54) is 32.1 Å². The van der Waals surface area contributed by atoms with Gasteiger partial charge in [-0.25, -0.2) is 0 Å². The molecule has 2 fully saturated rings. The predicted octanol–water partition coefficient (Wildman–Crippen LogP) is 1.48. The number of hydrogen-bond acceptors (Lipinski definition) is 3. The zero-order chi connectivity index (χ0) is 11.9. The molecule has 0 radical (unpaired) electrons. The molecule has 0 aromatic carbocycles. The molecule has 0 spiro atoms. The second kappa shape index (κ2) is 8.73. The average molecular weight is 277 g/mol. The second-order valence-corrected chi connectivity index (χ2v) is 5.24. The number of ether oxygens (including phenoxy) is 1. The van der Waals surface area contributed by atoms with Crippen LogP contribution in [0.1, 0.15) is 38.5 Å². The number of morpholine rings is 1. The van der Waals surface area contributed by atoms with Crippen LogP contribution in [0.25, 0.3) is 0 Å². The van der Waals surface area contributed by atoms with Crippen molar-refractivity contribution in [2.75, 3.05) is 26.3 Å². The minimum Gasteiger partial charge on any atom is -0.378 e. The average Bonchev–Trinajstić information content (AvgIpc) is 2.39. The predicted molar refractivity (Wildman–Crippen MR) is 74.1 cm³/mol. The Morgan fingerprint density at radius 2 is 2.06 bits per heavy atom. The van der Waals surface area contributed by atoms with Crippen molar-refractivity contribution in [3.63, 3.8) is 0 Å². The van der Waals surface area contributed by atoms with E-state index in [0.717, 1.165) is 19.7 Å². The quantitative estimate of drug-likeness (QED) is 0.818. The van der Waals surface area contributed by atoms with Crippen molar-refractivity contribution in [1.82, 2.24) is 10.6 Å². The number of carbonyl (C=O) groups excluding carboxylic acids is 1. The molecular weight excluding hydrogens is 252 g/mol. The van der Waals surface area contributed by atoms with E-state index in [1.54, 1.807) is 0 Å². The van der Waals surface area contributed by atoms with Gasteiger partial charge in [-0.15, -0.1) is 12.4 Å². The molecule has 2 N–H and O–H groups in total. The highest BCUT2D eigenvalue weighted by molar-refractivity contribution is 5.85. The zero-order valence-electron chi connectivity index (χ0n) is 11.0. The smallest absolute Gasteiger partial charge is 0.221 e. The highest BCUT2D eigenvalue weighted by Crippen LogP contribution is 2.22. The van der Waals surface area contributed by atoms with Gasteiger partial charge in [0.25, 0.3) is 0 Å². The van der Waals surface area contributed by atoms with Gasteiger partial charge in [0, 0.05) is 25.6 Å². The Hall–Kier alpha value is -0.320. The number of carbonyl (C=O) groups is 1. The van der Waals surface area contributed by atoms with Crippen molar-refractivity contribution in [2.45, 2.75) is 44.6 Å². The molecule has 2 rings (SSSR count). The molecule has 18 heavy (non-hydrogen) atoms. The van der Waals surface area contributed by atoms with Crippen molar-refractivity contribution < 1.29 is 9.53 Å². The summed E-state index contributed by atoms with van der Waals surface area (Å²) >= 11 is 0. The number of nitrogens with one attached hydrogen (secondary N) is 2. The fourth-order valence-electron chi connectivity index (χ4n) is 2.70. The van der Waals surface area contributed by atoms with Gasteiger partial charge in [-0.1, -0.05) is 19.3 Å². The van der Waals surface area contributed by atoms with Crippen LogP contribution in [0.15, 0.2) is 0 Å². The van der Waals surface area contributed by atoms with E-state index in [0.29, 0.717) is 18.9 Å². The fourth-order valence-corrected chi connectivity index (χ4v) is 2.70. The molecule has 1 atom stereocenters. The van der Waals surface area contributed by atoms with Gasteiger partial charge >= 0.3 is 0 Å². The van der Waals surface area contributed by atoms with Gasteiger partial charge in [0.2, 0.25) is 5.91 Å². The Morgan fingerprint density at radius 1 is 1.28 bits per heavy atom. The lowest BCUT2D eigenvalue weighted by Crippen LogP contribution is -2.44. The molecule has 106 valence electrons. The topological polar surface area (TPSA) is 50.4 Å². The first kappa shape index (κ1) is 15.7. The van der Waals surface area contributed by atoms with Crippen LogP contribution >= 0.6 is 12.4 Å². The van der Waals surface area contributed by atoms with Crippen LogP contribution in [-0.4, -0.2) is 38.3 Å². The van der Waals surface area contributed by atoms with Crippen molar-refractivity contribution in [3.05, 3.63) is 0 Å². The molecule has 5 heteroatoms. The summed E-state index contributed by atoms with van der Waals surface area (Å²) in [5.74, 6) is 0.877. The lowest BCUT2D eigenvalue weighted by molar-refractivity contribution is -0.122. The van der Waals surface area contributed by atoms with Crippen molar-refractivity contribution in [2.24, 2.45) is 5.92 Å². The van der Waals surface area contributed by atoms with Crippen LogP contribution < -0.4 is 10.6 Å². The van der Waals surface area contributed by atoms with Crippen LogP contribution in [0.5, 0.6) is 0 Å². The summed E-state index contributed by atoms with van der Waals surface area (Å²) in [6.45, 7) is 3.16. The third kappa shape index (κ3) is 5.55. The van der Waals surface area contributed by atoms with E-state index in [9.17, 15) is 4.79 Å². The lowest BCUT2D eigenvalue weighted by atomic mass is 9.89. The van der Waals surface area contributed by atoms with Gasteiger partial charge in [0.05, 0.1) is 13.2 Å². The molecule has 1 heterocycles. The summed E-state index contributed by atoms with van der Waals surface area (Å²) in [5, 5.41) is 6.37. The standard InChI is InChI=1S/C13H24N2O2.ClH/c16-13(8-12-10-17-7-6-14-12)15-9-11-4-2-1-3-5-11;/h11-12,14H,1-10H2,(H,15,16);1H. The Labute approximate surface area is 116 Å². The monoisotopic (exact) mass is 276 g/mol. The Balaban J connectivity index is 0.00000162. The van der Waals surface area contributed by atoms with E-state index in [1.807, 2.05) is 0 Å². The van der Waals surface area contributed by atoms with Crippen LogP contribution in [-0.2, 0) is 9.53 Å². The number of rotatable bonds is 4. The van der Waals surface area contributed by atoms with Crippen molar-refractivity contribution in [3.8, 4) is 0 Å². The molecular formula is C13H25ClN2O2. The van der Waals surface area contributed by atoms with Crippen LogP contribution in [0, 0.1) is 5.92 Å². The Morgan fingerprint density at radius 3 is 2.72 bits per heavy atom. The lowest BCUT2D eigenvalue weighted by Gasteiger charge is -2.25. The Bertz CT molecular complexity index is 239. The van der Waals surface area contributed by atoms with Gasteiger partial charge in [-0.05, 0) is 18.8 Å². The zero-order valence-corrected chi connectivity index (χ0v) is 11.8. The summed E-state index contributed by atoms with van der Waals surface area (Å²) in [6, 6.07) is 0.204. The molecule has 1 aliphatic heterocycles. The maximum atomic E-state index is 11.7. The summed E-state index contributed by atoms with van der Waals surface area (Å²) in [5.41, 5.74) is 0. The molecule has 2 aliphatic rings. The molecule has 0 aromatic rings. The normalized spacial score (nSPS) is 25.2. The molecule has 1 saturated heterocycles. The van der Waals surface area contributed by atoms with E-state index in [4.69, 9.17) is 4.74 Å². The molecule has 0 aromatic heterocycles. The first-order valence-electron chi connectivity index (χ1n) is 6.92. The third-order valence-electron chi connectivity index (χ3n) is 3.74. The minimum absolute atomic E-state index is 0. The minimum atomic E-state index is 0. The van der Waals surface area contributed by atoms with Gasteiger partial charge in [-0.3, -0.25) is 4.79 Å². The van der Waals surface area contributed by atoms with Gasteiger partial charge in [0.1, 0.15) is 0 Å². The largest absolute Gasteiger partial charge is 0.378 e. The highest BCUT2D eigenvalue weighted by atomic mass is 35.5. The number of halogens is 1. The number of amides is 1. The van der Waals surface area contributed by atoms with Crippen LogP contribution in [0.4, 0.5) is 0 Å². The maximum absolute atomic E-state index is 11.7. The van der Waals surface area contributed by atoms with E-state index in [2.05, 4.69) is 10.6 Å². The highest BCUT2D eigenvalue weighted by Gasteiger charge is 2.18. The van der Waals surface area contributed by atoms with Gasteiger partial charge in [-0.2, -0.15) is 0 Å². The molecule has 0 bridgehead atoms. The summed E-state index contributed by atoms with van der Waals surface area (Å²) < 4.78 is 5.33.